The molecule has 0 saturated carbocycles. The quantitative estimate of drug-likeness (QED) is 0.221. The van der Waals surface area contributed by atoms with E-state index < -0.39 is 12.1 Å². The second-order valence-corrected chi connectivity index (χ2v) is 9.75. The Hall–Kier alpha value is -4.71. The van der Waals surface area contributed by atoms with Crippen molar-refractivity contribution in [3.8, 4) is 10.7 Å². The first-order valence-electron chi connectivity index (χ1n) is 12.5. The molecule has 0 aliphatic rings. The number of rotatable bonds is 8. The molecule has 0 atom stereocenters. The minimum Gasteiger partial charge on any atom is -0.475 e. The van der Waals surface area contributed by atoms with E-state index >= 15 is 0 Å². The number of carbonyl (C=O) groups is 2. The van der Waals surface area contributed by atoms with Gasteiger partial charge in [-0.2, -0.15) is 13.2 Å². The lowest BCUT2D eigenvalue weighted by atomic mass is 10.2. The van der Waals surface area contributed by atoms with E-state index in [0.29, 0.717) is 25.3 Å². The topological polar surface area (TPSA) is 99.8 Å². The van der Waals surface area contributed by atoms with Crippen LogP contribution in [-0.4, -0.2) is 49.0 Å². The largest absolute Gasteiger partial charge is 0.490 e. The number of aliphatic carboxylic acids is 1. The van der Waals surface area contributed by atoms with Crippen LogP contribution in [-0.2, 0) is 17.9 Å². The van der Waals surface area contributed by atoms with Crippen LogP contribution in [0.4, 0.5) is 18.3 Å². The number of pyridine rings is 1. The summed E-state index contributed by atoms with van der Waals surface area (Å²) in [4.78, 5) is 34.5. The maximum absolute atomic E-state index is 13.5. The predicted octanol–water partition coefficient (Wildman–Crippen LogP) is 6.37. The summed E-state index contributed by atoms with van der Waals surface area (Å²) in [5.74, 6) is -2.11. The first kappa shape index (κ1) is 29.3. The molecule has 2 aromatic carbocycles. The van der Waals surface area contributed by atoms with E-state index in [0.717, 1.165) is 26.9 Å². The van der Waals surface area contributed by atoms with E-state index in [9.17, 15) is 18.0 Å². The third-order valence-corrected chi connectivity index (χ3v) is 6.84. The van der Waals surface area contributed by atoms with Crippen LogP contribution < -0.4 is 5.32 Å². The molecule has 5 rings (SSSR count). The monoisotopic (exact) mass is 581 g/mol. The Kier molecular flexibility index (Phi) is 9.35. The van der Waals surface area contributed by atoms with E-state index in [1.807, 2.05) is 95.3 Å². The summed E-state index contributed by atoms with van der Waals surface area (Å²) in [6.07, 6.45) is -1.33. The van der Waals surface area contributed by atoms with Crippen LogP contribution in [0.2, 0.25) is 0 Å². The molecule has 3 heterocycles. The molecule has 5 aromatic rings. The van der Waals surface area contributed by atoms with Crippen LogP contribution in [0.25, 0.3) is 16.2 Å². The van der Waals surface area contributed by atoms with Gasteiger partial charge in [-0.15, -0.1) is 0 Å². The van der Waals surface area contributed by atoms with Crippen LogP contribution in [0.3, 0.4) is 0 Å². The number of amides is 1. The summed E-state index contributed by atoms with van der Waals surface area (Å²) >= 11 is 1.53. The van der Waals surface area contributed by atoms with Crippen molar-refractivity contribution in [3.63, 3.8) is 0 Å². The van der Waals surface area contributed by atoms with Gasteiger partial charge in [0.1, 0.15) is 0 Å². The molecule has 212 valence electrons. The normalized spacial score (nSPS) is 11.0. The van der Waals surface area contributed by atoms with Crippen molar-refractivity contribution >= 4 is 33.9 Å². The van der Waals surface area contributed by atoms with Gasteiger partial charge in [0.25, 0.3) is 5.91 Å². The lowest BCUT2D eigenvalue weighted by molar-refractivity contribution is -0.192. The van der Waals surface area contributed by atoms with Crippen LogP contribution in [0, 0.1) is 0 Å². The second kappa shape index (κ2) is 13.1. The molecule has 3 aromatic heterocycles. The molecule has 0 radical (unpaired) electrons. The molecular formula is C29H26F3N5O3S. The summed E-state index contributed by atoms with van der Waals surface area (Å²) in [5.41, 5.74) is 3.54. The first-order chi connectivity index (χ1) is 19.7. The zero-order valence-corrected chi connectivity index (χ0v) is 22.7. The Morgan fingerprint density at radius 3 is 2.20 bits per heavy atom. The molecule has 0 aliphatic heterocycles. The minimum absolute atomic E-state index is 0.0757. The number of halogens is 3. The van der Waals surface area contributed by atoms with Crippen molar-refractivity contribution in [1.29, 1.82) is 0 Å². The number of imidazole rings is 1. The number of carboxylic acids is 1. The van der Waals surface area contributed by atoms with Gasteiger partial charge in [0.15, 0.2) is 16.6 Å². The van der Waals surface area contributed by atoms with Gasteiger partial charge in [0, 0.05) is 25.8 Å². The molecule has 41 heavy (non-hydrogen) atoms. The zero-order valence-electron chi connectivity index (χ0n) is 21.9. The fraction of sp³-hybridized carbons (Fsp3) is 0.172. The molecule has 8 nitrogen and oxygen atoms in total. The standard InChI is InChI=1S/C27H25N5OS.C2HF3O2/c1-2-31(19-21-13-7-4-8-14-21)26(33)24-22-15-9-10-16-32(22)25(30-24)23-18-29-27(34-23)28-17-20-11-5-3-6-12-20;3-2(4,5)1(6)7/h3-16,18H,2,17,19H2,1H3,(H,28,29);(H,6,7). The van der Waals surface area contributed by atoms with E-state index in [4.69, 9.17) is 14.9 Å². The predicted molar refractivity (Wildman–Crippen MR) is 151 cm³/mol. The summed E-state index contributed by atoms with van der Waals surface area (Å²) in [5, 5.41) is 11.3. The smallest absolute Gasteiger partial charge is 0.475 e. The highest BCUT2D eigenvalue weighted by atomic mass is 32.1. The maximum Gasteiger partial charge on any atom is 0.490 e. The Morgan fingerprint density at radius 1 is 0.976 bits per heavy atom. The third-order valence-electron chi connectivity index (χ3n) is 5.89. The van der Waals surface area contributed by atoms with Crippen LogP contribution in [0.5, 0.6) is 0 Å². The Labute approximate surface area is 237 Å². The van der Waals surface area contributed by atoms with E-state index in [-0.39, 0.29) is 5.91 Å². The SMILES string of the molecule is CCN(Cc1ccccc1)C(=O)c1nc(-c2cnc(NCc3ccccc3)s2)n2ccccc12.O=C(O)C(F)(F)F. The number of nitrogens with zero attached hydrogens (tertiary/aromatic N) is 4. The Balaban J connectivity index is 0.000000493. The Morgan fingerprint density at radius 2 is 1.59 bits per heavy atom. The highest BCUT2D eigenvalue weighted by Crippen LogP contribution is 2.31. The lowest BCUT2D eigenvalue weighted by Gasteiger charge is -2.20. The minimum atomic E-state index is -5.08. The van der Waals surface area contributed by atoms with E-state index in [1.54, 1.807) is 0 Å². The number of hydrogen-bond acceptors (Lipinski definition) is 6. The second-order valence-electron chi connectivity index (χ2n) is 8.72. The van der Waals surface area contributed by atoms with Gasteiger partial charge in [0.05, 0.1) is 16.6 Å². The van der Waals surface area contributed by atoms with Gasteiger partial charge in [0.2, 0.25) is 0 Å². The molecular weight excluding hydrogens is 555 g/mol. The fourth-order valence-electron chi connectivity index (χ4n) is 3.88. The van der Waals surface area contributed by atoms with Crippen LogP contribution in [0.15, 0.2) is 91.3 Å². The van der Waals surface area contributed by atoms with Gasteiger partial charge >= 0.3 is 12.1 Å². The fourth-order valence-corrected chi connectivity index (χ4v) is 4.68. The maximum atomic E-state index is 13.5. The molecule has 0 aliphatic carbocycles. The van der Waals surface area contributed by atoms with Gasteiger partial charge in [-0.3, -0.25) is 9.20 Å². The van der Waals surface area contributed by atoms with Crippen molar-refractivity contribution in [3.05, 3.63) is 108 Å². The number of thiazole rings is 1. The number of fused-ring (bicyclic) bond motifs is 1. The van der Waals surface area contributed by atoms with Crippen molar-refractivity contribution in [2.45, 2.75) is 26.2 Å². The summed E-state index contributed by atoms with van der Waals surface area (Å²) in [6, 6.07) is 26.1. The molecule has 1 amide bonds. The number of carbonyl (C=O) groups excluding carboxylic acids is 1. The van der Waals surface area contributed by atoms with Crippen LogP contribution in [0.1, 0.15) is 28.5 Å². The number of benzene rings is 2. The summed E-state index contributed by atoms with van der Waals surface area (Å²) in [7, 11) is 0. The molecule has 0 bridgehead atoms. The van der Waals surface area contributed by atoms with Crippen molar-refractivity contribution in [1.82, 2.24) is 19.3 Å². The average molecular weight is 582 g/mol. The van der Waals surface area contributed by atoms with Crippen LogP contribution >= 0.6 is 11.3 Å². The number of alkyl halides is 3. The molecule has 12 heteroatoms. The van der Waals surface area contributed by atoms with Crippen molar-refractivity contribution in [2.24, 2.45) is 0 Å². The lowest BCUT2D eigenvalue weighted by Crippen LogP contribution is -2.30. The number of nitrogens with one attached hydrogen (secondary N) is 1. The summed E-state index contributed by atoms with van der Waals surface area (Å²) in [6.45, 7) is 3.84. The molecule has 2 N–H and O–H groups in total. The Bertz CT molecular complexity index is 1600. The summed E-state index contributed by atoms with van der Waals surface area (Å²) < 4.78 is 33.7. The first-order valence-corrected chi connectivity index (χ1v) is 13.3. The van der Waals surface area contributed by atoms with Crippen molar-refractivity contribution < 1.29 is 27.9 Å². The highest BCUT2D eigenvalue weighted by molar-refractivity contribution is 7.18. The molecule has 0 fully saturated rings. The number of hydrogen-bond donors (Lipinski definition) is 2. The van der Waals surface area contributed by atoms with Crippen molar-refractivity contribution in [2.75, 3.05) is 11.9 Å². The van der Waals surface area contributed by atoms with E-state index in [2.05, 4.69) is 22.4 Å². The molecule has 0 spiro atoms. The zero-order chi connectivity index (χ0) is 29.4. The number of carboxylic acid groups (broad SMARTS) is 1. The molecule has 0 unspecified atom stereocenters. The highest BCUT2D eigenvalue weighted by Gasteiger charge is 2.38. The van der Waals surface area contributed by atoms with E-state index in [1.165, 1.54) is 16.9 Å². The number of anilines is 1. The van der Waals surface area contributed by atoms with Gasteiger partial charge in [-0.1, -0.05) is 78.1 Å². The number of aromatic nitrogens is 3. The van der Waals surface area contributed by atoms with Gasteiger partial charge < -0.3 is 15.3 Å². The molecule has 0 saturated heterocycles. The average Bonchev–Trinajstić information content (AvgIpc) is 3.60. The van der Waals surface area contributed by atoms with Gasteiger partial charge in [-0.05, 0) is 30.2 Å². The van der Waals surface area contributed by atoms with Gasteiger partial charge in [-0.25, -0.2) is 14.8 Å². The third kappa shape index (κ3) is 7.48.